The number of alkyl halides is 1. The fourth-order valence-corrected chi connectivity index (χ4v) is 5.82. The molecule has 0 fully saturated rings. The van der Waals surface area contributed by atoms with Crippen molar-refractivity contribution in [3.8, 4) is 0 Å². The van der Waals surface area contributed by atoms with Crippen molar-refractivity contribution < 1.29 is 4.39 Å². The molecular weight excluding hydrogens is 451 g/mol. The Morgan fingerprint density at radius 1 is 0.216 bits per heavy atom. The normalized spacial score (nSPS) is 11.5. The topological polar surface area (TPSA) is 0 Å². The summed E-state index contributed by atoms with van der Waals surface area (Å²) in [7, 11) is 0. The minimum absolute atomic E-state index is 0.125. The first-order valence-electron chi connectivity index (χ1n) is 18.0. The summed E-state index contributed by atoms with van der Waals surface area (Å²) in [6.07, 6.45) is 48.3. The highest BCUT2D eigenvalue weighted by atomic mass is 19.1. The molecule has 0 aromatic carbocycles. The summed E-state index contributed by atoms with van der Waals surface area (Å²) in [5.41, 5.74) is 0. The zero-order valence-electron chi connectivity index (χ0n) is 26.1. The van der Waals surface area contributed by atoms with Gasteiger partial charge in [0.05, 0.1) is 6.67 Å². The molecule has 224 valence electrons. The van der Waals surface area contributed by atoms with Crippen LogP contribution in [0, 0.1) is 0 Å². The highest BCUT2D eigenvalue weighted by Crippen LogP contribution is 2.17. The highest BCUT2D eigenvalue weighted by molar-refractivity contribution is 4.53. The van der Waals surface area contributed by atoms with E-state index in [4.69, 9.17) is 0 Å². The summed E-state index contributed by atoms with van der Waals surface area (Å²) in [4.78, 5) is 0. The molecule has 1 heteroatoms. The fourth-order valence-electron chi connectivity index (χ4n) is 5.82. The molecule has 0 aliphatic heterocycles. The zero-order chi connectivity index (χ0) is 26.7. The van der Waals surface area contributed by atoms with Gasteiger partial charge >= 0.3 is 0 Å². The van der Waals surface area contributed by atoms with Crippen molar-refractivity contribution in [2.24, 2.45) is 0 Å². The molecule has 0 N–H and O–H groups in total. The molecule has 0 amide bonds. The van der Waals surface area contributed by atoms with Gasteiger partial charge in [0, 0.05) is 0 Å². The van der Waals surface area contributed by atoms with E-state index in [9.17, 15) is 4.39 Å². The zero-order valence-corrected chi connectivity index (χ0v) is 26.1. The van der Waals surface area contributed by atoms with Gasteiger partial charge in [-0.2, -0.15) is 0 Å². The van der Waals surface area contributed by atoms with Crippen LogP contribution in [-0.4, -0.2) is 6.67 Å². The SMILES string of the molecule is CCCCCCCCCCCCCCCCCCCCCCCCCCCCCCCCCCCCF. The van der Waals surface area contributed by atoms with Crippen LogP contribution in [0.15, 0.2) is 0 Å². The van der Waals surface area contributed by atoms with Crippen LogP contribution in [0.25, 0.3) is 0 Å². The van der Waals surface area contributed by atoms with Crippen molar-refractivity contribution in [2.75, 3.05) is 6.67 Å². The molecule has 0 heterocycles. The van der Waals surface area contributed by atoms with Crippen LogP contribution in [0.4, 0.5) is 4.39 Å². The second-order valence-electron chi connectivity index (χ2n) is 12.4. The summed E-state index contributed by atoms with van der Waals surface area (Å²) >= 11 is 0. The summed E-state index contributed by atoms with van der Waals surface area (Å²) in [6.45, 7) is 2.18. The van der Waals surface area contributed by atoms with E-state index in [0.717, 1.165) is 12.8 Å². The van der Waals surface area contributed by atoms with E-state index in [2.05, 4.69) is 6.92 Å². The summed E-state index contributed by atoms with van der Waals surface area (Å²) in [5.74, 6) is 0. The van der Waals surface area contributed by atoms with Crippen molar-refractivity contribution in [3.05, 3.63) is 0 Å². The molecule has 37 heavy (non-hydrogen) atoms. The Bertz CT molecular complexity index is 332. The van der Waals surface area contributed by atoms with Crippen LogP contribution in [-0.2, 0) is 0 Å². The number of hydrogen-bond donors (Lipinski definition) is 0. The Morgan fingerprint density at radius 2 is 0.351 bits per heavy atom. The van der Waals surface area contributed by atoms with Crippen molar-refractivity contribution in [1.82, 2.24) is 0 Å². The van der Waals surface area contributed by atoms with E-state index in [0.29, 0.717) is 0 Å². The molecule has 0 spiro atoms. The maximum absolute atomic E-state index is 12.0. The maximum Gasteiger partial charge on any atom is 0.0894 e. The highest BCUT2D eigenvalue weighted by Gasteiger charge is 1.97. The van der Waals surface area contributed by atoms with Crippen molar-refractivity contribution in [3.63, 3.8) is 0 Å². The third kappa shape index (κ3) is 35.9. The Hall–Kier alpha value is -0.0700. The van der Waals surface area contributed by atoms with Crippen molar-refractivity contribution in [2.45, 2.75) is 225 Å². The first-order valence-corrected chi connectivity index (χ1v) is 18.0. The Balaban J connectivity index is 3.00. The molecular formula is C36H73F. The lowest BCUT2D eigenvalue weighted by atomic mass is 10.0. The first-order chi connectivity index (χ1) is 18.4. The third-order valence-electron chi connectivity index (χ3n) is 8.49. The molecule has 0 radical (unpaired) electrons. The molecule has 0 atom stereocenters. The predicted octanol–water partition coefficient (Wildman–Crippen LogP) is 14.2. The van der Waals surface area contributed by atoms with E-state index in [1.165, 1.54) is 205 Å². The van der Waals surface area contributed by atoms with Gasteiger partial charge in [-0.05, 0) is 6.42 Å². The number of rotatable bonds is 34. The lowest BCUT2D eigenvalue weighted by Crippen LogP contribution is -1.85. The van der Waals surface area contributed by atoms with Gasteiger partial charge < -0.3 is 0 Å². The minimum atomic E-state index is -0.125. The Morgan fingerprint density at radius 3 is 0.486 bits per heavy atom. The first kappa shape index (κ1) is 36.9. The molecule has 0 aromatic rings. The van der Waals surface area contributed by atoms with E-state index in [1.54, 1.807) is 0 Å². The molecule has 0 aliphatic rings. The van der Waals surface area contributed by atoms with Crippen LogP contribution in [0.1, 0.15) is 225 Å². The van der Waals surface area contributed by atoms with Crippen LogP contribution >= 0.6 is 0 Å². The largest absolute Gasteiger partial charge is 0.251 e. The Labute approximate surface area is 236 Å². The molecule has 0 saturated heterocycles. The van der Waals surface area contributed by atoms with Gasteiger partial charge in [-0.3, -0.25) is 4.39 Å². The van der Waals surface area contributed by atoms with E-state index < -0.39 is 0 Å². The minimum Gasteiger partial charge on any atom is -0.251 e. The lowest BCUT2D eigenvalue weighted by molar-refractivity contribution is 0.448. The van der Waals surface area contributed by atoms with Crippen LogP contribution < -0.4 is 0 Å². The summed E-state index contributed by atoms with van der Waals surface area (Å²) < 4.78 is 12.0. The number of halogens is 1. The van der Waals surface area contributed by atoms with Gasteiger partial charge in [-0.1, -0.05) is 219 Å². The fraction of sp³-hybridized carbons (Fsp3) is 1.00. The van der Waals surface area contributed by atoms with Gasteiger partial charge in [0.2, 0.25) is 0 Å². The molecule has 0 saturated carbocycles. The number of unbranched alkanes of at least 4 members (excludes halogenated alkanes) is 33. The third-order valence-corrected chi connectivity index (χ3v) is 8.49. The summed E-state index contributed by atoms with van der Waals surface area (Å²) in [5, 5.41) is 0. The average molecular weight is 525 g/mol. The van der Waals surface area contributed by atoms with Gasteiger partial charge in [-0.15, -0.1) is 0 Å². The van der Waals surface area contributed by atoms with Gasteiger partial charge in [0.1, 0.15) is 0 Å². The van der Waals surface area contributed by atoms with E-state index in [1.807, 2.05) is 0 Å². The molecule has 0 aromatic heterocycles. The monoisotopic (exact) mass is 525 g/mol. The second kappa shape index (κ2) is 35.9. The van der Waals surface area contributed by atoms with Crippen molar-refractivity contribution in [1.29, 1.82) is 0 Å². The molecule has 0 aliphatic carbocycles. The predicted molar refractivity (Wildman–Crippen MR) is 169 cm³/mol. The van der Waals surface area contributed by atoms with E-state index in [-0.39, 0.29) is 6.67 Å². The Kier molecular flexibility index (Phi) is 35.9. The second-order valence-corrected chi connectivity index (χ2v) is 12.4. The van der Waals surface area contributed by atoms with Crippen LogP contribution in [0.5, 0.6) is 0 Å². The van der Waals surface area contributed by atoms with Crippen LogP contribution in [0.3, 0.4) is 0 Å². The lowest BCUT2D eigenvalue weighted by Gasteiger charge is -2.05. The van der Waals surface area contributed by atoms with Crippen LogP contribution in [0.2, 0.25) is 0 Å². The molecule has 0 unspecified atom stereocenters. The molecule has 0 rings (SSSR count). The van der Waals surface area contributed by atoms with Gasteiger partial charge in [0.25, 0.3) is 0 Å². The summed E-state index contributed by atoms with van der Waals surface area (Å²) in [6, 6.07) is 0. The van der Waals surface area contributed by atoms with Crippen molar-refractivity contribution >= 4 is 0 Å². The molecule has 0 nitrogen and oxygen atoms in total. The quantitative estimate of drug-likeness (QED) is 0.0734. The van der Waals surface area contributed by atoms with Gasteiger partial charge in [0.15, 0.2) is 0 Å². The smallest absolute Gasteiger partial charge is 0.0894 e. The number of hydrogen-bond acceptors (Lipinski definition) is 0. The standard InChI is InChI=1S/C36H73F/c1-2-3-4-5-6-7-8-9-10-11-12-13-14-15-16-17-18-19-20-21-22-23-24-25-26-27-28-29-30-31-32-33-34-35-36-37/h2-36H2,1H3. The maximum atomic E-state index is 12.0. The van der Waals surface area contributed by atoms with Gasteiger partial charge in [-0.25, -0.2) is 0 Å². The van der Waals surface area contributed by atoms with E-state index >= 15 is 0 Å². The molecule has 0 bridgehead atoms. The average Bonchev–Trinajstić information content (AvgIpc) is 2.91.